The minimum atomic E-state index is -0.985. The second-order valence-corrected chi connectivity index (χ2v) is 3.43. The standard InChI is InChI=1S/C11H12F2O2/c1-7(2-3-14)9-5-11(13)10(12)4-8(9)6-15/h3-5,7,15H,2,6H2,1H3. The van der Waals surface area contributed by atoms with Crippen molar-refractivity contribution in [2.45, 2.75) is 25.9 Å². The molecule has 0 spiro atoms. The fraction of sp³-hybridized carbons (Fsp3) is 0.364. The predicted molar refractivity (Wildman–Crippen MR) is 51.4 cm³/mol. The van der Waals surface area contributed by atoms with Crippen LogP contribution in [-0.4, -0.2) is 11.4 Å². The lowest BCUT2D eigenvalue weighted by Crippen LogP contribution is -2.03. The summed E-state index contributed by atoms with van der Waals surface area (Å²) in [6.45, 7) is 1.36. The van der Waals surface area contributed by atoms with Crippen LogP contribution >= 0.6 is 0 Å². The molecule has 1 aromatic rings. The smallest absolute Gasteiger partial charge is 0.159 e. The van der Waals surface area contributed by atoms with Gasteiger partial charge >= 0.3 is 0 Å². The van der Waals surface area contributed by atoms with Crippen LogP contribution in [-0.2, 0) is 11.4 Å². The Morgan fingerprint density at radius 3 is 2.53 bits per heavy atom. The zero-order chi connectivity index (χ0) is 11.4. The molecule has 0 heterocycles. The molecule has 1 rings (SSSR count). The molecule has 0 amide bonds. The summed E-state index contributed by atoms with van der Waals surface area (Å²) in [6, 6.07) is 2.00. The minimum absolute atomic E-state index is 0.220. The van der Waals surface area contributed by atoms with Crippen molar-refractivity contribution in [1.82, 2.24) is 0 Å². The number of hydrogen-bond acceptors (Lipinski definition) is 2. The number of hydrogen-bond donors (Lipinski definition) is 1. The summed E-state index contributed by atoms with van der Waals surface area (Å²) in [5.41, 5.74) is 0.798. The normalized spacial score (nSPS) is 12.5. The Balaban J connectivity index is 3.14. The molecule has 0 bridgehead atoms. The van der Waals surface area contributed by atoms with E-state index < -0.39 is 11.6 Å². The average molecular weight is 214 g/mol. The van der Waals surface area contributed by atoms with Gasteiger partial charge in [0.1, 0.15) is 6.29 Å². The third kappa shape index (κ3) is 2.59. The van der Waals surface area contributed by atoms with Crippen LogP contribution in [0.25, 0.3) is 0 Å². The largest absolute Gasteiger partial charge is 0.392 e. The second-order valence-electron chi connectivity index (χ2n) is 3.43. The molecule has 1 aromatic carbocycles. The van der Waals surface area contributed by atoms with E-state index in [9.17, 15) is 13.6 Å². The number of aliphatic hydroxyl groups is 1. The van der Waals surface area contributed by atoms with Crippen molar-refractivity contribution in [3.8, 4) is 0 Å². The Hall–Kier alpha value is -1.29. The van der Waals surface area contributed by atoms with Gasteiger partial charge in [0.25, 0.3) is 0 Å². The molecule has 0 aromatic heterocycles. The van der Waals surface area contributed by atoms with Crippen LogP contribution in [0.15, 0.2) is 12.1 Å². The van der Waals surface area contributed by atoms with Crippen LogP contribution in [0.3, 0.4) is 0 Å². The summed E-state index contributed by atoms with van der Waals surface area (Å²) >= 11 is 0. The summed E-state index contributed by atoms with van der Waals surface area (Å²) in [5, 5.41) is 8.97. The highest BCUT2D eigenvalue weighted by Crippen LogP contribution is 2.24. The van der Waals surface area contributed by atoms with E-state index in [1.807, 2.05) is 0 Å². The lowest BCUT2D eigenvalue weighted by atomic mass is 9.93. The van der Waals surface area contributed by atoms with Gasteiger partial charge in [0, 0.05) is 6.42 Å². The van der Waals surface area contributed by atoms with Crippen LogP contribution in [0.4, 0.5) is 8.78 Å². The van der Waals surface area contributed by atoms with E-state index in [0.717, 1.165) is 12.1 Å². The molecule has 1 N–H and O–H groups in total. The molecule has 0 radical (unpaired) electrons. The molecule has 0 fully saturated rings. The number of halogens is 2. The van der Waals surface area contributed by atoms with Crippen LogP contribution < -0.4 is 0 Å². The highest BCUT2D eigenvalue weighted by molar-refractivity contribution is 5.52. The molecule has 15 heavy (non-hydrogen) atoms. The van der Waals surface area contributed by atoms with Crippen LogP contribution in [0.1, 0.15) is 30.4 Å². The SMILES string of the molecule is CC(CC=O)c1cc(F)c(F)cc1CO. The van der Waals surface area contributed by atoms with Crippen molar-refractivity contribution in [3.05, 3.63) is 34.9 Å². The van der Waals surface area contributed by atoms with E-state index in [1.54, 1.807) is 6.92 Å². The molecular weight excluding hydrogens is 202 g/mol. The van der Waals surface area contributed by atoms with E-state index in [2.05, 4.69) is 0 Å². The maximum atomic E-state index is 13.0. The number of rotatable bonds is 4. The maximum absolute atomic E-state index is 13.0. The summed E-state index contributed by atoms with van der Waals surface area (Å²) in [6.07, 6.45) is 0.936. The molecular formula is C11H12F2O2. The summed E-state index contributed by atoms with van der Waals surface area (Å²) in [7, 11) is 0. The fourth-order valence-corrected chi connectivity index (χ4v) is 1.47. The van der Waals surface area contributed by atoms with Crippen molar-refractivity contribution < 1.29 is 18.7 Å². The number of aldehydes is 1. The van der Waals surface area contributed by atoms with Gasteiger partial charge in [-0.25, -0.2) is 8.78 Å². The van der Waals surface area contributed by atoms with Crippen molar-refractivity contribution in [2.24, 2.45) is 0 Å². The van der Waals surface area contributed by atoms with Crippen molar-refractivity contribution in [1.29, 1.82) is 0 Å². The number of carbonyl (C=O) groups is 1. The Morgan fingerprint density at radius 2 is 2.00 bits per heavy atom. The lowest BCUT2D eigenvalue weighted by Gasteiger charge is -2.13. The van der Waals surface area contributed by atoms with Gasteiger partial charge in [0.15, 0.2) is 11.6 Å². The Labute approximate surface area is 86.5 Å². The van der Waals surface area contributed by atoms with Crippen LogP contribution in [0, 0.1) is 11.6 Å². The lowest BCUT2D eigenvalue weighted by molar-refractivity contribution is -0.108. The molecule has 4 heteroatoms. The van der Waals surface area contributed by atoms with Gasteiger partial charge in [-0.1, -0.05) is 6.92 Å². The second kappa shape index (κ2) is 4.98. The first-order valence-corrected chi connectivity index (χ1v) is 4.62. The van der Waals surface area contributed by atoms with Gasteiger partial charge in [0.2, 0.25) is 0 Å². The molecule has 1 unspecified atom stereocenters. The number of carbonyl (C=O) groups excluding carboxylic acids is 1. The topological polar surface area (TPSA) is 37.3 Å². The van der Waals surface area contributed by atoms with E-state index in [4.69, 9.17) is 5.11 Å². The highest BCUT2D eigenvalue weighted by atomic mass is 19.2. The maximum Gasteiger partial charge on any atom is 0.159 e. The molecule has 1 atom stereocenters. The van der Waals surface area contributed by atoms with Gasteiger partial charge in [-0.2, -0.15) is 0 Å². The van der Waals surface area contributed by atoms with Crippen molar-refractivity contribution in [2.75, 3.05) is 0 Å². The first-order valence-electron chi connectivity index (χ1n) is 4.62. The summed E-state index contributed by atoms with van der Waals surface area (Å²) in [4.78, 5) is 10.3. The fourth-order valence-electron chi connectivity index (χ4n) is 1.47. The van der Waals surface area contributed by atoms with Gasteiger partial charge in [-0.15, -0.1) is 0 Å². The van der Waals surface area contributed by atoms with Gasteiger partial charge in [-0.05, 0) is 29.2 Å². The highest BCUT2D eigenvalue weighted by Gasteiger charge is 2.14. The molecule has 0 saturated carbocycles. The van der Waals surface area contributed by atoms with Gasteiger partial charge in [0.05, 0.1) is 6.61 Å². The zero-order valence-electron chi connectivity index (χ0n) is 8.34. The predicted octanol–water partition coefficient (Wildman–Crippen LogP) is 2.15. The van der Waals surface area contributed by atoms with Crippen LogP contribution in [0.2, 0.25) is 0 Å². The van der Waals surface area contributed by atoms with E-state index in [-0.39, 0.29) is 18.9 Å². The average Bonchev–Trinajstić information content (AvgIpc) is 2.21. The Morgan fingerprint density at radius 1 is 1.40 bits per heavy atom. The van der Waals surface area contributed by atoms with Crippen molar-refractivity contribution in [3.63, 3.8) is 0 Å². The minimum Gasteiger partial charge on any atom is -0.392 e. The third-order valence-electron chi connectivity index (χ3n) is 2.33. The molecule has 0 aliphatic carbocycles. The Bertz CT molecular complexity index is 364. The van der Waals surface area contributed by atoms with Gasteiger partial charge in [-0.3, -0.25) is 0 Å². The number of aliphatic hydroxyl groups excluding tert-OH is 1. The zero-order valence-corrected chi connectivity index (χ0v) is 8.34. The summed E-state index contributed by atoms with van der Waals surface area (Å²) in [5.74, 6) is -2.17. The monoisotopic (exact) mass is 214 g/mol. The first-order chi connectivity index (χ1) is 7.10. The van der Waals surface area contributed by atoms with E-state index >= 15 is 0 Å². The van der Waals surface area contributed by atoms with E-state index in [1.165, 1.54) is 0 Å². The molecule has 0 saturated heterocycles. The molecule has 0 aliphatic rings. The third-order valence-corrected chi connectivity index (χ3v) is 2.33. The van der Waals surface area contributed by atoms with Crippen molar-refractivity contribution >= 4 is 6.29 Å². The molecule has 0 aliphatic heterocycles. The Kier molecular flexibility index (Phi) is 3.91. The summed E-state index contributed by atoms with van der Waals surface area (Å²) < 4.78 is 25.8. The first kappa shape index (κ1) is 11.8. The molecule has 82 valence electrons. The van der Waals surface area contributed by atoms with Crippen LogP contribution in [0.5, 0.6) is 0 Å². The van der Waals surface area contributed by atoms with E-state index in [0.29, 0.717) is 17.4 Å². The number of benzene rings is 1. The molecule has 2 nitrogen and oxygen atoms in total. The van der Waals surface area contributed by atoms with Gasteiger partial charge < -0.3 is 9.90 Å². The quantitative estimate of drug-likeness (QED) is 0.780.